The molecule has 0 aromatic rings. The van der Waals surface area contributed by atoms with E-state index in [1.54, 1.807) is 0 Å². The van der Waals surface area contributed by atoms with Crippen LogP contribution in [0.2, 0.25) is 0 Å². The first kappa shape index (κ1) is 53.3. The van der Waals surface area contributed by atoms with Gasteiger partial charge in [0.2, 0.25) is 5.91 Å². The van der Waals surface area contributed by atoms with Crippen molar-refractivity contribution in [1.82, 2.24) is 5.32 Å². The van der Waals surface area contributed by atoms with Crippen molar-refractivity contribution in [2.75, 3.05) is 6.61 Å². The van der Waals surface area contributed by atoms with Gasteiger partial charge in [0.25, 0.3) is 0 Å². The Morgan fingerprint density at radius 1 is 0.527 bits per heavy atom. The van der Waals surface area contributed by atoms with E-state index in [9.17, 15) is 19.8 Å². The Bertz CT molecular complexity index is 873. The van der Waals surface area contributed by atoms with Crippen LogP contribution in [0, 0.1) is 0 Å². The number of carbonyl (C=O) groups excluding carboxylic acids is 2. The first-order valence-corrected chi connectivity index (χ1v) is 24.1. The summed E-state index contributed by atoms with van der Waals surface area (Å²) in [6.07, 6.45) is 48.0. The van der Waals surface area contributed by atoms with Crippen LogP contribution in [0.4, 0.5) is 0 Å². The van der Waals surface area contributed by atoms with Crippen LogP contribution in [-0.4, -0.2) is 46.9 Å². The van der Waals surface area contributed by atoms with Gasteiger partial charge in [-0.3, -0.25) is 9.59 Å². The van der Waals surface area contributed by atoms with E-state index >= 15 is 0 Å². The smallest absolute Gasteiger partial charge is 0.306 e. The number of hydrogen-bond acceptors (Lipinski definition) is 5. The van der Waals surface area contributed by atoms with E-state index in [0.29, 0.717) is 19.3 Å². The van der Waals surface area contributed by atoms with Crippen LogP contribution in [0.15, 0.2) is 24.3 Å². The molecular weight excluding hydrogens is 683 g/mol. The predicted molar refractivity (Wildman–Crippen MR) is 236 cm³/mol. The molecule has 0 spiro atoms. The van der Waals surface area contributed by atoms with Gasteiger partial charge in [0, 0.05) is 6.42 Å². The fourth-order valence-corrected chi connectivity index (χ4v) is 7.36. The van der Waals surface area contributed by atoms with E-state index in [4.69, 9.17) is 4.74 Å². The third kappa shape index (κ3) is 39.0. The summed E-state index contributed by atoms with van der Waals surface area (Å²) >= 11 is 0. The van der Waals surface area contributed by atoms with Gasteiger partial charge in [-0.2, -0.15) is 0 Å². The number of rotatable bonds is 43. The molecule has 0 aliphatic heterocycles. The van der Waals surface area contributed by atoms with E-state index in [1.807, 2.05) is 0 Å². The molecule has 0 heterocycles. The van der Waals surface area contributed by atoms with Crippen molar-refractivity contribution in [2.24, 2.45) is 0 Å². The molecule has 0 aliphatic rings. The van der Waals surface area contributed by atoms with E-state index in [1.165, 1.54) is 154 Å². The molecule has 6 nitrogen and oxygen atoms in total. The van der Waals surface area contributed by atoms with E-state index in [-0.39, 0.29) is 24.9 Å². The SMILES string of the molecule is CCCCC/C=C/C=C/CCCCCCCCC(=O)OC(CCCCCCCCCCC)CC(=O)NC(CO)C(O)CCCCCCCCCCCCCC. The summed E-state index contributed by atoms with van der Waals surface area (Å²) in [6, 6.07) is -0.697. The van der Waals surface area contributed by atoms with Crippen molar-refractivity contribution in [3.63, 3.8) is 0 Å². The van der Waals surface area contributed by atoms with Crippen molar-refractivity contribution >= 4 is 11.9 Å². The molecule has 55 heavy (non-hydrogen) atoms. The second-order valence-electron chi connectivity index (χ2n) is 16.5. The second kappa shape index (κ2) is 43.5. The van der Waals surface area contributed by atoms with Gasteiger partial charge < -0.3 is 20.3 Å². The molecule has 0 aromatic carbocycles. The summed E-state index contributed by atoms with van der Waals surface area (Å²) in [6.45, 7) is 6.44. The Labute approximate surface area is 341 Å². The molecule has 0 saturated heterocycles. The quantitative estimate of drug-likeness (QED) is 0.0326. The summed E-state index contributed by atoms with van der Waals surface area (Å²) in [7, 11) is 0. The number of aliphatic hydroxyl groups excluding tert-OH is 2. The average Bonchev–Trinajstić information content (AvgIpc) is 3.18. The Morgan fingerprint density at radius 3 is 1.38 bits per heavy atom. The summed E-state index contributed by atoms with van der Waals surface area (Å²) in [4.78, 5) is 26.0. The first-order chi connectivity index (χ1) is 27.0. The maximum absolute atomic E-state index is 13.1. The first-order valence-electron chi connectivity index (χ1n) is 24.1. The van der Waals surface area contributed by atoms with Gasteiger partial charge in [-0.1, -0.05) is 212 Å². The number of esters is 1. The molecule has 0 fully saturated rings. The number of carbonyl (C=O) groups is 2. The monoisotopic (exact) mass is 776 g/mol. The molecular formula is C49H93NO5. The molecule has 0 aliphatic carbocycles. The summed E-state index contributed by atoms with van der Waals surface area (Å²) in [5, 5.41) is 23.7. The number of ether oxygens (including phenoxy) is 1. The van der Waals surface area contributed by atoms with E-state index in [2.05, 4.69) is 50.4 Å². The normalized spacial score (nSPS) is 13.5. The van der Waals surface area contributed by atoms with Gasteiger partial charge in [0.05, 0.1) is 25.2 Å². The van der Waals surface area contributed by atoms with Crippen LogP contribution in [0.3, 0.4) is 0 Å². The topological polar surface area (TPSA) is 95.9 Å². The fourth-order valence-electron chi connectivity index (χ4n) is 7.36. The van der Waals surface area contributed by atoms with E-state index in [0.717, 1.165) is 51.4 Å². The lowest BCUT2D eigenvalue weighted by Crippen LogP contribution is -2.46. The molecule has 3 unspecified atom stereocenters. The minimum Gasteiger partial charge on any atom is -0.462 e. The summed E-state index contributed by atoms with van der Waals surface area (Å²) in [5.41, 5.74) is 0. The standard InChI is InChI=1S/C49H93NO5/c1-4-7-10-13-16-19-21-23-24-25-27-30-33-36-39-42-49(54)55-45(40-37-34-31-28-18-15-12-9-6-3)43-48(53)50-46(44-51)47(52)41-38-35-32-29-26-22-20-17-14-11-8-5-2/h16,19,21,23,45-47,51-52H,4-15,17-18,20,22,24-44H2,1-3H3,(H,50,53)/b19-16+,23-21+. The van der Waals surface area contributed by atoms with Gasteiger partial charge in [-0.15, -0.1) is 0 Å². The molecule has 3 N–H and O–H groups in total. The highest BCUT2D eigenvalue weighted by Gasteiger charge is 2.24. The van der Waals surface area contributed by atoms with Crippen molar-refractivity contribution in [2.45, 2.75) is 270 Å². The highest BCUT2D eigenvalue weighted by atomic mass is 16.5. The highest BCUT2D eigenvalue weighted by molar-refractivity contribution is 5.77. The van der Waals surface area contributed by atoms with Gasteiger partial charge in [0.15, 0.2) is 0 Å². The molecule has 1 amide bonds. The molecule has 0 bridgehead atoms. The van der Waals surface area contributed by atoms with Crippen molar-refractivity contribution in [3.05, 3.63) is 24.3 Å². The number of hydrogen-bond donors (Lipinski definition) is 3. The van der Waals surface area contributed by atoms with Crippen LogP contribution < -0.4 is 5.32 Å². The van der Waals surface area contributed by atoms with Gasteiger partial charge in [-0.25, -0.2) is 0 Å². The molecule has 0 aromatic heterocycles. The molecule has 3 atom stereocenters. The lowest BCUT2D eigenvalue weighted by atomic mass is 10.0. The number of allylic oxidation sites excluding steroid dienone is 4. The summed E-state index contributed by atoms with van der Waals surface area (Å²) < 4.78 is 5.90. The number of unbranched alkanes of at least 4 members (excludes halogenated alkanes) is 28. The Kier molecular flexibility index (Phi) is 42.2. The van der Waals surface area contributed by atoms with Crippen molar-refractivity contribution in [1.29, 1.82) is 0 Å². The Morgan fingerprint density at radius 2 is 0.909 bits per heavy atom. The largest absolute Gasteiger partial charge is 0.462 e. The lowest BCUT2D eigenvalue weighted by Gasteiger charge is -2.24. The minimum absolute atomic E-state index is 0.0771. The molecule has 6 heteroatoms. The van der Waals surface area contributed by atoms with Gasteiger partial charge in [-0.05, 0) is 51.4 Å². The fraction of sp³-hybridized carbons (Fsp3) is 0.878. The Balaban J connectivity index is 4.50. The zero-order valence-electron chi connectivity index (χ0n) is 36.8. The molecule has 0 radical (unpaired) electrons. The third-order valence-electron chi connectivity index (χ3n) is 11.1. The third-order valence-corrected chi connectivity index (χ3v) is 11.1. The summed E-state index contributed by atoms with van der Waals surface area (Å²) in [5.74, 6) is -0.480. The zero-order valence-corrected chi connectivity index (χ0v) is 36.8. The minimum atomic E-state index is -0.783. The molecule has 324 valence electrons. The van der Waals surface area contributed by atoms with E-state index < -0.39 is 18.2 Å². The molecule has 0 rings (SSSR count). The number of amides is 1. The highest BCUT2D eigenvalue weighted by Crippen LogP contribution is 2.18. The van der Waals surface area contributed by atoms with Gasteiger partial charge >= 0.3 is 5.97 Å². The average molecular weight is 776 g/mol. The zero-order chi connectivity index (χ0) is 40.3. The Hall–Kier alpha value is -1.66. The van der Waals surface area contributed by atoms with Crippen molar-refractivity contribution in [3.8, 4) is 0 Å². The number of aliphatic hydroxyl groups is 2. The van der Waals surface area contributed by atoms with Crippen LogP contribution in [0.25, 0.3) is 0 Å². The lowest BCUT2D eigenvalue weighted by molar-refractivity contribution is -0.151. The van der Waals surface area contributed by atoms with Crippen LogP contribution >= 0.6 is 0 Å². The van der Waals surface area contributed by atoms with Crippen LogP contribution in [-0.2, 0) is 14.3 Å². The van der Waals surface area contributed by atoms with Crippen LogP contribution in [0.5, 0.6) is 0 Å². The maximum atomic E-state index is 13.1. The maximum Gasteiger partial charge on any atom is 0.306 e. The predicted octanol–water partition coefficient (Wildman–Crippen LogP) is 14.0. The van der Waals surface area contributed by atoms with Gasteiger partial charge in [0.1, 0.15) is 6.10 Å². The van der Waals surface area contributed by atoms with Crippen LogP contribution in [0.1, 0.15) is 252 Å². The second-order valence-corrected chi connectivity index (χ2v) is 16.5. The number of nitrogens with one attached hydrogen (secondary N) is 1. The molecule has 0 saturated carbocycles. The van der Waals surface area contributed by atoms with Crippen molar-refractivity contribution < 1.29 is 24.5 Å².